The van der Waals surface area contributed by atoms with Gasteiger partial charge in [0.1, 0.15) is 24.2 Å². The summed E-state index contributed by atoms with van der Waals surface area (Å²) in [6, 6.07) is 20.9. The number of aryl methyl sites for hydroxylation is 1. The largest absolute Gasteiger partial charge is 0.489 e. The minimum absolute atomic E-state index is 0.0209. The number of rotatable bonds is 11. The fourth-order valence-electron chi connectivity index (χ4n) is 5.03. The van der Waals surface area contributed by atoms with Crippen molar-refractivity contribution < 1.29 is 26.8 Å². The van der Waals surface area contributed by atoms with Gasteiger partial charge in [-0.1, -0.05) is 18.2 Å². The van der Waals surface area contributed by atoms with Crippen LogP contribution in [0.25, 0.3) is 22.2 Å². The van der Waals surface area contributed by atoms with Gasteiger partial charge in [-0.05, 0) is 74.7 Å². The van der Waals surface area contributed by atoms with Gasteiger partial charge in [0.15, 0.2) is 6.29 Å². The van der Waals surface area contributed by atoms with Crippen molar-refractivity contribution >= 4 is 32.4 Å². The molecule has 2 unspecified atom stereocenters. The van der Waals surface area contributed by atoms with E-state index in [2.05, 4.69) is 17.0 Å². The molecule has 234 valence electrons. The molecule has 2 atom stereocenters. The van der Waals surface area contributed by atoms with Crippen LogP contribution in [0, 0.1) is 6.92 Å². The SMILES string of the molecule is Cc1ccc(S(=O)(=O)OC(C)COc2cc(-c3ccc4cc(N(C)C)ccc4n3)ccc2N(C)C)cc1OC1CCCCO1. The zero-order chi connectivity index (χ0) is 31.4. The number of hydrogen-bond acceptors (Lipinski definition) is 9. The van der Waals surface area contributed by atoms with Crippen LogP contribution in [0.4, 0.5) is 11.4 Å². The normalized spacial score (nSPS) is 16.0. The summed E-state index contributed by atoms with van der Waals surface area (Å²) in [5.41, 5.74) is 5.39. The first-order chi connectivity index (χ1) is 21.0. The molecule has 1 aliphatic rings. The van der Waals surface area contributed by atoms with Crippen LogP contribution >= 0.6 is 0 Å². The van der Waals surface area contributed by atoms with E-state index in [9.17, 15) is 8.42 Å². The molecule has 2 heterocycles. The van der Waals surface area contributed by atoms with Gasteiger partial charge in [-0.25, -0.2) is 4.98 Å². The predicted molar refractivity (Wildman–Crippen MR) is 174 cm³/mol. The predicted octanol–water partition coefficient (Wildman–Crippen LogP) is 6.42. The Hall–Kier alpha value is -3.86. The molecule has 44 heavy (non-hydrogen) atoms. The molecule has 10 heteroatoms. The van der Waals surface area contributed by atoms with Crippen LogP contribution in [0.5, 0.6) is 11.5 Å². The van der Waals surface area contributed by atoms with Crippen molar-refractivity contribution in [2.75, 3.05) is 51.2 Å². The van der Waals surface area contributed by atoms with Crippen LogP contribution in [0.3, 0.4) is 0 Å². The molecule has 5 rings (SSSR count). The van der Waals surface area contributed by atoms with Crippen LogP contribution in [0.1, 0.15) is 31.7 Å². The Morgan fingerprint density at radius 2 is 1.75 bits per heavy atom. The molecule has 1 fully saturated rings. The van der Waals surface area contributed by atoms with Gasteiger partial charge in [0.05, 0.1) is 28.4 Å². The highest BCUT2D eigenvalue weighted by Gasteiger charge is 2.23. The third-order valence-corrected chi connectivity index (χ3v) is 8.95. The van der Waals surface area contributed by atoms with Crippen molar-refractivity contribution in [3.05, 3.63) is 72.3 Å². The highest BCUT2D eigenvalue weighted by Crippen LogP contribution is 2.34. The minimum atomic E-state index is -4.08. The molecule has 0 spiro atoms. The third kappa shape index (κ3) is 7.43. The Bertz CT molecular complexity index is 1720. The van der Waals surface area contributed by atoms with Crippen LogP contribution in [-0.4, -0.2) is 67.2 Å². The maximum atomic E-state index is 13.2. The lowest BCUT2D eigenvalue weighted by Gasteiger charge is -2.24. The number of fused-ring (bicyclic) bond motifs is 1. The van der Waals surface area contributed by atoms with E-state index in [4.69, 9.17) is 23.4 Å². The zero-order valence-corrected chi connectivity index (χ0v) is 27.1. The fraction of sp³-hybridized carbons (Fsp3) is 0.382. The van der Waals surface area contributed by atoms with Crippen molar-refractivity contribution in [3.8, 4) is 22.8 Å². The topological polar surface area (TPSA) is 90.4 Å². The molecule has 4 aromatic rings. The van der Waals surface area contributed by atoms with E-state index in [1.54, 1.807) is 13.0 Å². The van der Waals surface area contributed by atoms with E-state index in [-0.39, 0.29) is 17.8 Å². The summed E-state index contributed by atoms with van der Waals surface area (Å²) < 4.78 is 49.8. The second-order valence-corrected chi connectivity index (χ2v) is 13.1. The van der Waals surface area contributed by atoms with Crippen molar-refractivity contribution in [1.82, 2.24) is 4.98 Å². The lowest BCUT2D eigenvalue weighted by atomic mass is 10.1. The Balaban J connectivity index is 1.30. The number of nitrogens with zero attached hydrogens (tertiary/aromatic N) is 3. The highest BCUT2D eigenvalue weighted by molar-refractivity contribution is 7.86. The van der Waals surface area contributed by atoms with Gasteiger partial charge >= 0.3 is 0 Å². The summed E-state index contributed by atoms with van der Waals surface area (Å²) in [4.78, 5) is 8.91. The highest BCUT2D eigenvalue weighted by atomic mass is 32.2. The van der Waals surface area contributed by atoms with Crippen LogP contribution in [-0.2, 0) is 19.0 Å². The molecule has 0 N–H and O–H groups in total. The van der Waals surface area contributed by atoms with E-state index >= 15 is 0 Å². The number of pyridine rings is 1. The molecular weight excluding hydrogens is 578 g/mol. The Kier molecular flexibility index (Phi) is 9.62. The smallest absolute Gasteiger partial charge is 0.297 e. The number of ether oxygens (including phenoxy) is 3. The van der Waals surface area contributed by atoms with E-state index in [1.165, 1.54) is 12.1 Å². The Morgan fingerprint density at radius 3 is 2.48 bits per heavy atom. The molecular formula is C34H41N3O6S. The van der Waals surface area contributed by atoms with Crippen molar-refractivity contribution in [1.29, 1.82) is 0 Å². The Labute approximate surface area is 260 Å². The lowest BCUT2D eigenvalue weighted by molar-refractivity contribution is -0.106. The molecule has 1 saturated heterocycles. The van der Waals surface area contributed by atoms with Gasteiger partial charge in [0, 0.05) is 57.3 Å². The monoisotopic (exact) mass is 619 g/mol. The fourth-order valence-corrected chi connectivity index (χ4v) is 6.11. The van der Waals surface area contributed by atoms with Crippen LogP contribution < -0.4 is 19.3 Å². The van der Waals surface area contributed by atoms with Gasteiger partial charge in [-0.2, -0.15) is 8.42 Å². The van der Waals surface area contributed by atoms with Gasteiger partial charge < -0.3 is 24.0 Å². The van der Waals surface area contributed by atoms with Crippen molar-refractivity contribution in [3.63, 3.8) is 0 Å². The first kappa shape index (κ1) is 31.6. The summed E-state index contributed by atoms with van der Waals surface area (Å²) in [5.74, 6) is 1.07. The maximum absolute atomic E-state index is 13.2. The second-order valence-electron chi connectivity index (χ2n) is 11.6. The molecule has 0 aliphatic carbocycles. The number of benzene rings is 3. The van der Waals surface area contributed by atoms with E-state index in [0.29, 0.717) is 18.1 Å². The van der Waals surface area contributed by atoms with E-state index in [0.717, 1.165) is 58.4 Å². The van der Waals surface area contributed by atoms with Crippen molar-refractivity contribution in [2.45, 2.75) is 50.4 Å². The summed E-state index contributed by atoms with van der Waals surface area (Å²) in [6.07, 6.45) is 1.65. The molecule has 3 aromatic carbocycles. The number of anilines is 2. The molecule has 0 saturated carbocycles. The summed E-state index contributed by atoms with van der Waals surface area (Å²) in [7, 11) is 3.81. The first-order valence-electron chi connectivity index (χ1n) is 14.8. The number of hydrogen-bond donors (Lipinski definition) is 0. The molecule has 0 bridgehead atoms. The maximum Gasteiger partial charge on any atom is 0.297 e. The van der Waals surface area contributed by atoms with Gasteiger partial charge in [0.2, 0.25) is 0 Å². The summed E-state index contributed by atoms with van der Waals surface area (Å²) in [5, 5.41) is 1.06. The standard InChI is InChI=1S/C34H41N3O6S/c1-23-10-14-28(21-32(23)42-34-9-7-8-18-40-34)44(38,39)43-24(2)22-41-33-20-26(12-17-31(33)37(5)6)29-15-11-25-19-27(36(3)4)13-16-30(25)35-29/h10-17,19-21,24,34H,7-9,18,22H2,1-6H3. The summed E-state index contributed by atoms with van der Waals surface area (Å²) in [6.45, 7) is 4.20. The van der Waals surface area contributed by atoms with Gasteiger partial charge in [-0.3, -0.25) is 4.18 Å². The number of aromatic nitrogens is 1. The van der Waals surface area contributed by atoms with Gasteiger partial charge in [-0.15, -0.1) is 0 Å². The average molecular weight is 620 g/mol. The van der Waals surface area contributed by atoms with Crippen LogP contribution in [0.15, 0.2) is 71.6 Å². The quantitative estimate of drug-likeness (QED) is 0.176. The van der Waals surface area contributed by atoms with Crippen LogP contribution in [0.2, 0.25) is 0 Å². The second kappa shape index (κ2) is 13.4. The molecule has 1 aromatic heterocycles. The molecule has 9 nitrogen and oxygen atoms in total. The minimum Gasteiger partial charge on any atom is -0.489 e. The molecule has 0 amide bonds. The van der Waals surface area contributed by atoms with Gasteiger partial charge in [0.25, 0.3) is 10.1 Å². The Morgan fingerprint density at radius 1 is 0.932 bits per heavy atom. The van der Waals surface area contributed by atoms with E-state index < -0.39 is 16.2 Å². The molecule has 0 radical (unpaired) electrons. The third-order valence-electron chi connectivity index (χ3n) is 7.54. The van der Waals surface area contributed by atoms with Crippen molar-refractivity contribution in [2.24, 2.45) is 0 Å². The lowest BCUT2D eigenvalue weighted by Crippen LogP contribution is -2.25. The first-order valence-corrected chi connectivity index (χ1v) is 16.3. The average Bonchev–Trinajstić information content (AvgIpc) is 3.00. The summed E-state index contributed by atoms with van der Waals surface area (Å²) >= 11 is 0. The van der Waals surface area contributed by atoms with E-state index in [1.807, 2.05) is 76.4 Å². The zero-order valence-electron chi connectivity index (χ0n) is 26.2. The molecule has 1 aliphatic heterocycles.